The van der Waals surface area contributed by atoms with Crippen LogP contribution in [-0.2, 0) is 0 Å². The van der Waals surface area contributed by atoms with Crippen LogP contribution < -0.4 is 5.73 Å². The van der Waals surface area contributed by atoms with E-state index in [2.05, 4.69) is 15.9 Å². The summed E-state index contributed by atoms with van der Waals surface area (Å²) in [7, 11) is 0. The molecule has 0 radical (unpaired) electrons. The van der Waals surface area contributed by atoms with E-state index in [9.17, 15) is 13.6 Å². The number of benzene rings is 1. The maximum absolute atomic E-state index is 13.9. The van der Waals surface area contributed by atoms with Gasteiger partial charge in [-0.2, -0.15) is 0 Å². The lowest BCUT2D eigenvalue weighted by molar-refractivity contribution is 0.0731. The molecule has 1 aromatic rings. The molecule has 7 heteroatoms. The van der Waals surface area contributed by atoms with Crippen LogP contribution in [0.15, 0.2) is 16.6 Å². The van der Waals surface area contributed by atoms with Crippen molar-refractivity contribution in [3.63, 3.8) is 0 Å². The Morgan fingerprint density at radius 2 is 1.90 bits per heavy atom. The van der Waals surface area contributed by atoms with E-state index in [1.54, 1.807) is 0 Å². The van der Waals surface area contributed by atoms with Crippen LogP contribution >= 0.6 is 28.1 Å². The molecule has 0 atom stereocenters. The van der Waals surface area contributed by atoms with Crippen LogP contribution in [0.2, 0.25) is 0 Å². The highest BCUT2D eigenvalue weighted by Crippen LogP contribution is 2.21. The summed E-state index contributed by atoms with van der Waals surface area (Å²) in [5.74, 6) is -2.32. The molecular weight excluding hydrogens is 362 g/mol. The summed E-state index contributed by atoms with van der Waals surface area (Å²) in [5, 5.41) is 0. The van der Waals surface area contributed by atoms with E-state index < -0.39 is 23.1 Å². The smallest absolute Gasteiger partial charge is 0.259 e. The zero-order valence-electron chi connectivity index (χ0n) is 11.8. The Morgan fingerprint density at radius 1 is 1.38 bits per heavy atom. The second kappa shape index (κ2) is 7.79. The molecule has 0 aliphatic carbocycles. The highest BCUT2D eigenvalue weighted by molar-refractivity contribution is 9.10. The lowest BCUT2D eigenvalue weighted by Crippen LogP contribution is -2.37. The molecule has 0 saturated heterocycles. The number of hydrogen-bond acceptors (Lipinski definition) is 2. The quantitative estimate of drug-likeness (QED) is 0.770. The molecule has 0 saturated carbocycles. The lowest BCUT2D eigenvalue weighted by Gasteiger charge is -2.25. The minimum Gasteiger partial charge on any atom is -0.393 e. The number of hydrogen-bond donors (Lipinski definition) is 1. The first-order valence-electron chi connectivity index (χ1n) is 6.44. The van der Waals surface area contributed by atoms with E-state index in [1.165, 1.54) is 4.90 Å². The molecule has 2 N–H and O–H groups in total. The molecule has 0 heterocycles. The van der Waals surface area contributed by atoms with Gasteiger partial charge in [0.2, 0.25) is 0 Å². The lowest BCUT2D eigenvalue weighted by atomic mass is 10.1. The Morgan fingerprint density at radius 3 is 2.33 bits per heavy atom. The second-order valence-corrected chi connectivity index (χ2v) is 6.55. The van der Waals surface area contributed by atoms with Gasteiger partial charge in [-0.3, -0.25) is 4.79 Å². The summed E-state index contributed by atoms with van der Waals surface area (Å²) in [4.78, 5) is 14.0. The predicted octanol–water partition coefficient (Wildman–Crippen LogP) is 3.50. The average Bonchev–Trinajstić information content (AvgIpc) is 2.32. The van der Waals surface area contributed by atoms with Gasteiger partial charge in [-0.15, -0.1) is 0 Å². The number of nitrogens with zero attached hydrogens (tertiary/aromatic N) is 1. The van der Waals surface area contributed by atoms with E-state index >= 15 is 0 Å². The van der Waals surface area contributed by atoms with E-state index in [0.717, 1.165) is 12.1 Å². The van der Waals surface area contributed by atoms with Crippen molar-refractivity contribution in [1.82, 2.24) is 4.90 Å². The van der Waals surface area contributed by atoms with Crippen molar-refractivity contribution in [1.29, 1.82) is 0 Å². The average molecular weight is 379 g/mol. The highest BCUT2D eigenvalue weighted by atomic mass is 79.9. The number of thiocarbonyl (C=S) groups is 1. The van der Waals surface area contributed by atoms with Crippen LogP contribution in [0, 0.1) is 17.6 Å². The molecule has 116 valence electrons. The van der Waals surface area contributed by atoms with Crippen molar-refractivity contribution in [2.24, 2.45) is 11.7 Å². The van der Waals surface area contributed by atoms with Gasteiger partial charge in [-0.05, 0) is 18.1 Å². The predicted molar refractivity (Wildman–Crippen MR) is 86.2 cm³/mol. The van der Waals surface area contributed by atoms with Gasteiger partial charge in [0.05, 0.1) is 4.99 Å². The van der Waals surface area contributed by atoms with E-state index in [1.807, 2.05) is 13.8 Å². The van der Waals surface area contributed by atoms with Gasteiger partial charge >= 0.3 is 0 Å². The Balaban J connectivity index is 3.07. The molecule has 3 nitrogen and oxygen atoms in total. The largest absolute Gasteiger partial charge is 0.393 e. The summed E-state index contributed by atoms with van der Waals surface area (Å²) in [6.45, 7) is 4.43. The molecule has 0 bridgehead atoms. The van der Waals surface area contributed by atoms with Crippen LogP contribution in [0.1, 0.15) is 30.6 Å². The van der Waals surface area contributed by atoms with E-state index in [-0.39, 0.29) is 21.9 Å². The first-order chi connectivity index (χ1) is 9.72. The molecule has 0 aliphatic rings. The summed E-state index contributed by atoms with van der Waals surface area (Å²) >= 11 is 7.77. The van der Waals surface area contributed by atoms with E-state index in [0.29, 0.717) is 13.0 Å². The monoisotopic (exact) mass is 378 g/mol. The second-order valence-electron chi connectivity index (χ2n) is 5.11. The summed E-state index contributed by atoms with van der Waals surface area (Å²) in [5.41, 5.74) is 4.88. The molecule has 1 aromatic carbocycles. The number of carbonyl (C=O) groups is 1. The number of amides is 1. The van der Waals surface area contributed by atoms with E-state index in [4.69, 9.17) is 18.0 Å². The van der Waals surface area contributed by atoms with Crippen LogP contribution in [0.3, 0.4) is 0 Å². The third kappa shape index (κ3) is 5.32. The molecule has 1 amide bonds. The Bertz CT molecular complexity index is 529. The highest BCUT2D eigenvalue weighted by Gasteiger charge is 2.24. The van der Waals surface area contributed by atoms with Crippen molar-refractivity contribution in [2.45, 2.75) is 20.3 Å². The fourth-order valence-corrected chi connectivity index (χ4v) is 2.36. The summed E-state index contributed by atoms with van der Waals surface area (Å²) in [6, 6.07) is 2.13. The normalized spacial score (nSPS) is 10.8. The molecule has 21 heavy (non-hydrogen) atoms. The Kier molecular flexibility index (Phi) is 6.67. The zero-order valence-corrected chi connectivity index (χ0v) is 14.2. The van der Waals surface area contributed by atoms with Crippen molar-refractivity contribution in [2.75, 3.05) is 13.1 Å². The molecular formula is C14H17BrF2N2OS. The zero-order chi connectivity index (χ0) is 16.2. The number of rotatable bonds is 6. The Hall–Kier alpha value is -1.08. The van der Waals surface area contributed by atoms with Crippen LogP contribution in [0.4, 0.5) is 8.78 Å². The van der Waals surface area contributed by atoms with Crippen LogP contribution in [0.25, 0.3) is 0 Å². The van der Waals surface area contributed by atoms with Gasteiger partial charge in [-0.25, -0.2) is 8.78 Å². The van der Waals surface area contributed by atoms with Crippen LogP contribution in [0.5, 0.6) is 0 Å². The standard InChI is InChI=1S/C14H17BrF2N2OS/c1-8(2)7-19(4-3-12(18)21)14(20)13-10(16)5-9(15)6-11(13)17/h5-6,8H,3-4,7H2,1-2H3,(H2,18,21). The number of halogens is 3. The minimum atomic E-state index is -0.893. The maximum Gasteiger partial charge on any atom is 0.259 e. The van der Waals surface area contributed by atoms with Gasteiger partial charge in [-0.1, -0.05) is 42.0 Å². The molecule has 0 unspecified atom stereocenters. The van der Waals surface area contributed by atoms with Gasteiger partial charge in [0, 0.05) is 24.0 Å². The maximum atomic E-state index is 13.9. The van der Waals surface area contributed by atoms with Crippen molar-refractivity contribution < 1.29 is 13.6 Å². The van der Waals surface area contributed by atoms with Gasteiger partial charge in [0.1, 0.15) is 17.2 Å². The summed E-state index contributed by atoms with van der Waals surface area (Å²) in [6.07, 6.45) is 0.313. The molecule has 1 rings (SSSR count). The topological polar surface area (TPSA) is 46.3 Å². The van der Waals surface area contributed by atoms with Gasteiger partial charge < -0.3 is 10.6 Å². The SMILES string of the molecule is CC(C)CN(CCC(N)=S)C(=O)c1c(F)cc(Br)cc1F. The third-order valence-electron chi connectivity index (χ3n) is 2.72. The fraction of sp³-hybridized carbons (Fsp3) is 0.429. The number of nitrogens with two attached hydrogens (primary N) is 1. The fourth-order valence-electron chi connectivity index (χ4n) is 1.87. The van der Waals surface area contributed by atoms with Crippen molar-refractivity contribution in [3.8, 4) is 0 Å². The first kappa shape index (κ1) is 18.0. The van der Waals surface area contributed by atoms with Crippen LogP contribution in [-0.4, -0.2) is 28.9 Å². The van der Waals surface area contributed by atoms with Crippen molar-refractivity contribution >= 4 is 39.0 Å². The Labute approximate surface area is 136 Å². The first-order valence-corrected chi connectivity index (χ1v) is 7.64. The minimum absolute atomic E-state index is 0.155. The third-order valence-corrected chi connectivity index (χ3v) is 3.38. The molecule has 0 aliphatic heterocycles. The molecule has 0 spiro atoms. The van der Waals surface area contributed by atoms with Crippen molar-refractivity contribution in [3.05, 3.63) is 33.8 Å². The molecule has 0 fully saturated rings. The summed E-state index contributed by atoms with van der Waals surface area (Å²) < 4.78 is 28.0. The van der Waals surface area contributed by atoms with Gasteiger partial charge in [0.25, 0.3) is 5.91 Å². The molecule has 0 aromatic heterocycles. The van der Waals surface area contributed by atoms with Gasteiger partial charge in [0.15, 0.2) is 0 Å². The number of carbonyl (C=O) groups excluding carboxylic acids is 1.